The average molecular weight is 303 g/mol. The fourth-order valence-electron chi connectivity index (χ4n) is 2.94. The van der Waals surface area contributed by atoms with Crippen LogP contribution in [0.1, 0.15) is 22.3 Å². The molecule has 23 heavy (non-hydrogen) atoms. The van der Waals surface area contributed by atoms with Crippen LogP contribution in [0.15, 0.2) is 59.7 Å². The number of aliphatic imine (C=N–C) groups is 1. The maximum atomic E-state index is 12.3. The molecule has 0 radical (unpaired) electrons. The molecule has 3 N–H and O–H groups in total. The number of nitrogen functional groups attached to an aromatic ring is 1. The van der Waals surface area contributed by atoms with Crippen molar-refractivity contribution < 1.29 is 4.79 Å². The van der Waals surface area contributed by atoms with Gasteiger partial charge in [0.15, 0.2) is 0 Å². The van der Waals surface area contributed by atoms with Crippen molar-refractivity contribution in [3.8, 4) is 0 Å². The van der Waals surface area contributed by atoms with E-state index < -0.39 is 0 Å². The highest BCUT2D eigenvalue weighted by molar-refractivity contribution is 6.04. The third-order valence-electron chi connectivity index (χ3n) is 4.38. The molecular weight excluding hydrogens is 286 g/mol. The van der Waals surface area contributed by atoms with Crippen LogP contribution in [-0.4, -0.2) is 12.1 Å². The van der Waals surface area contributed by atoms with Gasteiger partial charge in [-0.15, -0.1) is 0 Å². The van der Waals surface area contributed by atoms with Gasteiger partial charge in [-0.1, -0.05) is 12.1 Å². The quantitative estimate of drug-likeness (QED) is 0.851. The van der Waals surface area contributed by atoms with E-state index in [0.717, 1.165) is 11.3 Å². The normalized spacial score (nSPS) is 21.3. The Morgan fingerprint density at radius 2 is 1.83 bits per heavy atom. The van der Waals surface area contributed by atoms with Crippen LogP contribution in [0.2, 0.25) is 0 Å². The molecular formula is C19H17N3O. The summed E-state index contributed by atoms with van der Waals surface area (Å²) in [5, 5.41) is 2.87. The molecule has 0 bridgehead atoms. The van der Waals surface area contributed by atoms with E-state index in [1.54, 1.807) is 24.3 Å². The Balaban J connectivity index is 1.49. The van der Waals surface area contributed by atoms with E-state index >= 15 is 0 Å². The summed E-state index contributed by atoms with van der Waals surface area (Å²) in [7, 11) is 0. The second-order valence-corrected chi connectivity index (χ2v) is 6.04. The molecule has 2 aromatic rings. The van der Waals surface area contributed by atoms with Crippen molar-refractivity contribution in [3.05, 3.63) is 65.9 Å². The molecule has 2 aromatic carbocycles. The predicted octanol–water partition coefficient (Wildman–Crippen LogP) is 3.58. The van der Waals surface area contributed by atoms with Crippen LogP contribution < -0.4 is 11.1 Å². The van der Waals surface area contributed by atoms with Gasteiger partial charge in [-0.25, -0.2) is 0 Å². The summed E-state index contributed by atoms with van der Waals surface area (Å²) in [6.45, 7) is 0. The van der Waals surface area contributed by atoms with E-state index in [4.69, 9.17) is 5.73 Å². The van der Waals surface area contributed by atoms with Crippen LogP contribution in [0.3, 0.4) is 0 Å². The molecule has 1 saturated carbocycles. The van der Waals surface area contributed by atoms with E-state index in [-0.39, 0.29) is 5.91 Å². The number of rotatable bonds is 3. The van der Waals surface area contributed by atoms with Crippen LogP contribution in [0, 0.1) is 11.8 Å². The smallest absolute Gasteiger partial charge is 0.255 e. The fourth-order valence-corrected chi connectivity index (χ4v) is 2.94. The summed E-state index contributed by atoms with van der Waals surface area (Å²) in [6.07, 6.45) is 5.16. The Morgan fingerprint density at radius 3 is 2.57 bits per heavy atom. The molecule has 4 rings (SSSR count). The second-order valence-electron chi connectivity index (χ2n) is 6.04. The van der Waals surface area contributed by atoms with E-state index in [9.17, 15) is 4.79 Å². The number of carbonyl (C=O) groups excluding carboxylic acids is 1. The summed E-state index contributed by atoms with van der Waals surface area (Å²) >= 11 is 0. The van der Waals surface area contributed by atoms with Crippen molar-refractivity contribution in [1.82, 2.24) is 0 Å². The molecule has 1 unspecified atom stereocenters. The molecule has 2 aliphatic rings. The van der Waals surface area contributed by atoms with Crippen LogP contribution in [0.4, 0.5) is 11.4 Å². The van der Waals surface area contributed by atoms with Gasteiger partial charge in [0.25, 0.3) is 5.91 Å². The minimum atomic E-state index is -0.124. The maximum absolute atomic E-state index is 12.3. The van der Waals surface area contributed by atoms with Gasteiger partial charge in [0.1, 0.15) is 0 Å². The fraction of sp³-hybridized carbons (Fsp3) is 0.158. The lowest BCUT2D eigenvalue weighted by molar-refractivity contribution is 0.102. The third kappa shape index (κ3) is 2.75. The first-order valence-corrected chi connectivity index (χ1v) is 7.71. The van der Waals surface area contributed by atoms with Gasteiger partial charge in [0.05, 0.1) is 0 Å². The van der Waals surface area contributed by atoms with E-state index in [1.807, 2.05) is 36.7 Å². The lowest BCUT2D eigenvalue weighted by atomic mass is 9.99. The summed E-state index contributed by atoms with van der Waals surface area (Å²) in [6, 6.07) is 14.8. The summed E-state index contributed by atoms with van der Waals surface area (Å²) in [5.41, 5.74) is 10.1. The zero-order valence-corrected chi connectivity index (χ0v) is 12.6. The van der Waals surface area contributed by atoms with Crippen molar-refractivity contribution in [3.63, 3.8) is 0 Å². The number of nitrogens with zero attached hydrogens (tertiary/aromatic N) is 1. The standard InChI is InChI=1S/C19H17N3O/c20-15-5-7-16(8-6-15)22-19(23)13-3-1-12(2-4-13)18-11-21-10-14-9-17(14)18/h1-8,10-11,14,17H,9,20H2,(H,22,23)/t14-,17?/m0/s1. The SMILES string of the molecule is Nc1ccc(NC(=O)c2ccc(C3=CN=C[C@@H]4CC34)cc2)cc1. The van der Waals surface area contributed by atoms with Gasteiger partial charge in [-0.3, -0.25) is 9.79 Å². The first kappa shape index (κ1) is 13.8. The highest BCUT2D eigenvalue weighted by Gasteiger charge is 2.40. The van der Waals surface area contributed by atoms with Gasteiger partial charge in [0.2, 0.25) is 0 Å². The van der Waals surface area contributed by atoms with Gasteiger partial charge >= 0.3 is 0 Å². The van der Waals surface area contributed by atoms with E-state index in [2.05, 4.69) is 10.3 Å². The van der Waals surface area contributed by atoms with Gasteiger partial charge in [-0.2, -0.15) is 0 Å². The molecule has 4 nitrogen and oxygen atoms in total. The van der Waals surface area contributed by atoms with E-state index in [0.29, 0.717) is 23.1 Å². The molecule has 114 valence electrons. The number of nitrogens with one attached hydrogen (secondary N) is 1. The maximum Gasteiger partial charge on any atom is 0.255 e. The highest BCUT2D eigenvalue weighted by atomic mass is 16.1. The molecule has 1 amide bonds. The van der Waals surface area contributed by atoms with Crippen molar-refractivity contribution in [2.24, 2.45) is 16.8 Å². The van der Waals surface area contributed by atoms with Crippen molar-refractivity contribution in [1.29, 1.82) is 0 Å². The van der Waals surface area contributed by atoms with Crippen molar-refractivity contribution in [2.75, 3.05) is 11.1 Å². The zero-order chi connectivity index (χ0) is 15.8. The number of anilines is 2. The second kappa shape index (κ2) is 5.39. The topological polar surface area (TPSA) is 67.5 Å². The number of hydrogen-bond donors (Lipinski definition) is 2. The number of hydrogen-bond acceptors (Lipinski definition) is 3. The minimum Gasteiger partial charge on any atom is -0.399 e. The first-order chi connectivity index (χ1) is 11.2. The Morgan fingerprint density at radius 1 is 1.09 bits per heavy atom. The Kier molecular flexibility index (Phi) is 3.23. The Labute approximate surface area is 134 Å². The van der Waals surface area contributed by atoms with Gasteiger partial charge < -0.3 is 11.1 Å². The largest absolute Gasteiger partial charge is 0.399 e. The van der Waals surface area contributed by atoms with E-state index in [1.165, 1.54) is 12.0 Å². The number of benzene rings is 2. The highest BCUT2D eigenvalue weighted by Crippen LogP contribution is 2.48. The van der Waals surface area contributed by atoms with Crippen molar-refractivity contribution >= 4 is 29.1 Å². The lowest BCUT2D eigenvalue weighted by Crippen LogP contribution is -2.11. The summed E-state index contributed by atoms with van der Waals surface area (Å²) < 4.78 is 0. The number of fused-ring (bicyclic) bond motifs is 1. The van der Waals surface area contributed by atoms with Crippen LogP contribution in [0.25, 0.3) is 5.57 Å². The summed E-state index contributed by atoms with van der Waals surface area (Å²) in [5.74, 6) is 1.10. The Hall–Kier alpha value is -2.88. The monoisotopic (exact) mass is 303 g/mol. The van der Waals surface area contributed by atoms with Gasteiger partial charge in [0, 0.05) is 35.3 Å². The molecule has 1 aliphatic carbocycles. The van der Waals surface area contributed by atoms with Crippen LogP contribution >= 0.6 is 0 Å². The Bertz CT molecular complexity index is 804. The third-order valence-corrected chi connectivity index (χ3v) is 4.38. The predicted molar refractivity (Wildman–Crippen MR) is 93.3 cm³/mol. The lowest BCUT2D eigenvalue weighted by Gasteiger charge is -2.10. The minimum absolute atomic E-state index is 0.124. The molecule has 4 heteroatoms. The number of amides is 1. The molecule has 1 fully saturated rings. The average Bonchev–Trinajstić information content (AvgIpc) is 3.37. The van der Waals surface area contributed by atoms with Crippen LogP contribution in [-0.2, 0) is 0 Å². The molecule has 1 aliphatic heterocycles. The van der Waals surface area contributed by atoms with Gasteiger partial charge in [-0.05, 0) is 59.9 Å². The zero-order valence-electron chi connectivity index (χ0n) is 12.6. The first-order valence-electron chi connectivity index (χ1n) is 7.71. The number of carbonyl (C=O) groups is 1. The molecule has 2 atom stereocenters. The number of nitrogens with two attached hydrogens (primary N) is 1. The summed E-state index contributed by atoms with van der Waals surface area (Å²) in [4.78, 5) is 16.6. The molecule has 0 aromatic heterocycles. The molecule has 0 spiro atoms. The molecule has 0 saturated heterocycles. The number of allylic oxidation sites excluding steroid dienone is 1. The van der Waals surface area contributed by atoms with Crippen LogP contribution in [0.5, 0.6) is 0 Å². The molecule has 1 heterocycles. The van der Waals surface area contributed by atoms with Crippen molar-refractivity contribution in [2.45, 2.75) is 6.42 Å².